The van der Waals surface area contributed by atoms with Crippen LogP contribution in [0.3, 0.4) is 0 Å². The van der Waals surface area contributed by atoms with Crippen molar-refractivity contribution >= 4 is 16.6 Å². The largest absolute Gasteiger partial charge is 0.398 e. The summed E-state index contributed by atoms with van der Waals surface area (Å²) in [6.07, 6.45) is 5.38. The number of benzene rings is 1. The van der Waals surface area contributed by atoms with Gasteiger partial charge < -0.3 is 5.73 Å². The van der Waals surface area contributed by atoms with Gasteiger partial charge in [-0.25, -0.2) is 0 Å². The van der Waals surface area contributed by atoms with E-state index in [-0.39, 0.29) is 0 Å². The zero-order chi connectivity index (χ0) is 11.8. The summed E-state index contributed by atoms with van der Waals surface area (Å²) in [5.41, 5.74) is 11.1. The van der Waals surface area contributed by atoms with Crippen molar-refractivity contribution in [2.45, 2.75) is 6.92 Å². The highest BCUT2D eigenvalue weighted by molar-refractivity contribution is 5.94. The molecule has 17 heavy (non-hydrogen) atoms. The molecule has 3 aromatic rings. The van der Waals surface area contributed by atoms with Gasteiger partial charge in [-0.2, -0.15) is 5.10 Å². The minimum Gasteiger partial charge on any atom is -0.398 e. The van der Waals surface area contributed by atoms with Crippen LogP contribution in [0.25, 0.3) is 22.0 Å². The second kappa shape index (κ2) is 3.59. The fourth-order valence-corrected chi connectivity index (χ4v) is 2.03. The number of nitrogens with two attached hydrogens (primary N) is 1. The first-order valence-corrected chi connectivity index (χ1v) is 5.39. The Bertz CT molecular complexity index is 685. The van der Waals surface area contributed by atoms with Gasteiger partial charge in [0.15, 0.2) is 0 Å². The third kappa shape index (κ3) is 1.54. The number of aromatic amines is 1. The Kier molecular flexibility index (Phi) is 2.08. The molecule has 3 N–H and O–H groups in total. The average molecular weight is 224 g/mol. The fourth-order valence-electron chi connectivity index (χ4n) is 2.03. The molecule has 0 aliphatic rings. The van der Waals surface area contributed by atoms with Gasteiger partial charge in [0, 0.05) is 23.5 Å². The highest BCUT2D eigenvalue weighted by atomic mass is 15.1. The molecule has 0 atom stereocenters. The number of fused-ring (bicyclic) bond motifs is 1. The lowest BCUT2D eigenvalue weighted by molar-refractivity contribution is 1.12. The van der Waals surface area contributed by atoms with E-state index in [4.69, 9.17) is 5.73 Å². The van der Waals surface area contributed by atoms with Crippen molar-refractivity contribution in [3.63, 3.8) is 0 Å². The molecule has 0 amide bonds. The molecule has 0 aliphatic heterocycles. The van der Waals surface area contributed by atoms with Crippen molar-refractivity contribution in [3.8, 4) is 11.1 Å². The van der Waals surface area contributed by atoms with Gasteiger partial charge in [0.25, 0.3) is 0 Å². The molecule has 0 fully saturated rings. The highest BCUT2D eigenvalue weighted by Gasteiger charge is 2.06. The van der Waals surface area contributed by atoms with E-state index in [1.165, 1.54) is 0 Å². The summed E-state index contributed by atoms with van der Waals surface area (Å²) in [6.45, 7) is 2.04. The molecule has 84 valence electrons. The predicted molar refractivity (Wildman–Crippen MR) is 68.5 cm³/mol. The average Bonchev–Trinajstić information content (AvgIpc) is 2.78. The molecule has 4 heteroatoms. The molecule has 0 radical (unpaired) electrons. The van der Waals surface area contributed by atoms with Crippen molar-refractivity contribution in [1.82, 2.24) is 15.2 Å². The van der Waals surface area contributed by atoms with Crippen LogP contribution in [0, 0.1) is 6.92 Å². The van der Waals surface area contributed by atoms with Crippen LogP contribution >= 0.6 is 0 Å². The van der Waals surface area contributed by atoms with E-state index < -0.39 is 0 Å². The van der Waals surface area contributed by atoms with E-state index in [9.17, 15) is 0 Å². The third-order valence-electron chi connectivity index (χ3n) is 2.92. The zero-order valence-corrected chi connectivity index (χ0v) is 9.44. The number of nitrogens with zero attached hydrogens (tertiary/aromatic N) is 2. The number of nitrogen functional groups attached to an aromatic ring is 1. The SMILES string of the molecule is Cc1cnccc1-c1cc(N)c2cn[nH]c2c1. The third-order valence-corrected chi connectivity index (χ3v) is 2.92. The van der Waals surface area contributed by atoms with E-state index in [0.717, 1.165) is 33.3 Å². The maximum atomic E-state index is 6.01. The Morgan fingerprint density at radius 2 is 2.12 bits per heavy atom. The topological polar surface area (TPSA) is 67.6 Å². The van der Waals surface area contributed by atoms with Gasteiger partial charge in [-0.15, -0.1) is 0 Å². The number of H-pyrrole nitrogens is 1. The molecular weight excluding hydrogens is 212 g/mol. The van der Waals surface area contributed by atoms with Gasteiger partial charge in [-0.1, -0.05) is 0 Å². The van der Waals surface area contributed by atoms with Crippen molar-refractivity contribution in [3.05, 3.63) is 42.4 Å². The first kappa shape index (κ1) is 9.84. The molecule has 0 saturated carbocycles. The lowest BCUT2D eigenvalue weighted by Crippen LogP contribution is -1.89. The summed E-state index contributed by atoms with van der Waals surface area (Å²) in [6, 6.07) is 6.02. The van der Waals surface area contributed by atoms with Crippen molar-refractivity contribution < 1.29 is 0 Å². The first-order chi connectivity index (χ1) is 8.25. The lowest BCUT2D eigenvalue weighted by Gasteiger charge is -2.06. The van der Waals surface area contributed by atoms with Crippen LogP contribution in [0.15, 0.2) is 36.8 Å². The first-order valence-electron chi connectivity index (χ1n) is 5.39. The molecule has 3 rings (SSSR count). The van der Waals surface area contributed by atoms with E-state index >= 15 is 0 Å². The van der Waals surface area contributed by atoms with Gasteiger partial charge in [0.05, 0.1) is 11.7 Å². The second-order valence-corrected chi connectivity index (χ2v) is 4.09. The summed E-state index contributed by atoms with van der Waals surface area (Å²) in [7, 11) is 0. The van der Waals surface area contributed by atoms with Gasteiger partial charge in [-0.3, -0.25) is 10.1 Å². The Labute approximate surface area is 98.5 Å². The van der Waals surface area contributed by atoms with Crippen LogP contribution < -0.4 is 5.73 Å². The number of anilines is 1. The number of hydrogen-bond donors (Lipinski definition) is 2. The van der Waals surface area contributed by atoms with E-state index in [2.05, 4.69) is 21.2 Å². The van der Waals surface area contributed by atoms with Crippen LogP contribution in [0.4, 0.5) is 5.69 Å². The molecule has 1 aromatic carbocycles. The summed E-state index contributed by atoms with van der Waals surface area (Å²) in [5.74, 6) is 0. The highest BCUT2D eigenvalue weighted by Crippen LogP contribution is 2.29. The molecular formula is C13H12N4. The van der Waals surface area contributed by atoms with Gasteiger partial charge in [0.2, 0.25) is 0 Å². The summed E-state index contributed by atoms with van der Waals surface area (Å²) in [5, 5.41) is 7.91. The Hall–Kier alpha value is -2.36. The molecule has 0 bridgehead atoms. The van der Waals surface area contributed by atoms with Crippen molar-refractivity contribution in [2.75, 3.05) is 5.73 Å². The van der Waals surface area contributed by atoms with E-state index in [1.54, 1.807) is 12.4 Å². The Morgan fingerprint density at radius 1 is 1.24 bits per heavy atom. The van der Waals surface area contributed by atoms with Gasteiger partial charge in [-0.05, 0) is 41.8 Å². The van der Waals surface area contributed by atoms with Crippen LogP contribution in [0.2, 0.25) is 0 Å². The number of aromatic nitrogens is 3. The smallest absolute Gasteiger partial charge is 0.0677 e. The molecule has 0 unspecified atom stereocenters. The molecule has 0 spiro atoms. The number of nitrogens with one attached hydrogen (secondary N) is 1. The number of pyridine rings is 1. The zero-order valence-electron chi connectivity index (χ0n) is 9.44. The minimum absolute atomic E-state index is 0.738. The molecule has 4 nitrogen and oxygen atoms in total. The maximum absolute atomic E-state index is 6.01. The summed E-state index contributed by atoms with van der Waals surface area (Å²) < 4.78 is 0. The van der Waals surface area contributed by atoms with Crippen LogP contribution in [0.5, 0.6) is 0 Å². The molecule has 2 aromatic heterocycles. The van der Waals surface area contributed by atoms with Crippen LogP contribution in [-0.4, -0.2) is 15.2 Å². The Balaban J connectivity index is 2.28. The molecule has 0 saturated heterocycles. The van der Waals surface area contributed by atoms with Crippen molar-refractivity contribution in [2.24, 2.45) is 0 Å². The lowest BCUT2D eigenvalue weighted by atomic mass is 10.0. The quantitative estimate of drug-likeness (QED) is 0.624. The summed E-state index contributed by atoms with van der Waals surface area (Å²) in [4.78, 5) is 4.09. The maximum Gasteiger partial charge on any atom is 0.0677 e. The summed E-state index contributed by atoms with van der Waals surface area (Å²) >= 11 is 0. The van der Waals surface area contributed by atoms with Gasteiger partial charge >= 0.3 is 0 Å². The fraction of sp³-hybridized carbons (Fsp3) is 0.0769. The Morgan fingerprint density at radius 3 is 2.94 bits per heavy atom. The number of rotatable bonds is 1. The van der Waals surface area contributed by atoms with Gasteiger partial charge in [0.1, 0.15) is 0 Å². The van der Waals surface area contributed by atoms with Crippen molar-refractivity contribution in [1.29, 1.82) is 0 Å². The minimum atomic E-state index is 0.738. The predicted octanol–water partition coefficient (Wildman–Crippen LogP) is 2.52. The normalized spacial score (nSPS) is 10.9. The number of hydrogen-bond acceptors (Lipinski definition) is 3. The van der Waals surface area contributed by atoms with Crippen LogP contribution in [-0.2, 0) is 0 Å². The standard InChI is InChI=1S/C13H12N4/c1-8-6-15-3-2-10(8)9-4-12(14)11-7-16-17-13(11)5-9/h2-7H,14H2,1H3,(H,16,17). The monoisotopic (exact) mass is 224 g/mol. The van der Waals surface area contributed by atoms with E-state index in [1.807, 2.05) is 25.3 Å². The molecule has 0 aliphatic carbocycles. The number of aryl methyl sites for hydroxylation is 1. The van der Waals surface area contributed by atoms with E-state index in [0.29, 0.717) is 0 Å². The second-order valence-electron chi connectivity index (χ2n) is 4.09. The molecule has 2 heterocycles. The van der Waals surface area contributed by atoms with Crippen LogP contribution in [0.1, 0.15) is 5.56 Å².